The van der Waals surface area contributed by atoms with E-state index in [0.29, 0.717) is 5.56 Å². The number of nitrogens with zero attached hydrogens (tertiary/aromatic N) is 2. The lowest BCUT2D eigenvalue weighted by Gasteiger charge is -2.07. The number of H-pyrrole nitrogens is 1. The van der Waals surface area contributed by atoms with Gasteiger partial charge in [-0.15, -0.1) is 0 Å². The standard InChI is InChI=1S/C16H11F2N3O4/c1-24-15(23)9-2-3-10-11(6-9)20-13(21-14(10)22)8-4-5-19-12(7-8)25-16(17)18/h2-7,16H,1H3,(H,20,21,22). The zero-order valence-electron chi connectivity index (χ0n) is 12.8. The van der Waals surface area contributed by atoms with E-state index in [-0.39, 0.29) is 28.2 Å². The number of carbonyl (C=O) groups is 1. The van der Waals surface area contributed by atoms with E-state index in [1.54, 1.807) is 0 Å². The first-order valence-electron chi connectivity index (χ1n) is 7.01. The zero-order chi connectivity index (χ0) is 18.0. The van der Waals surface area contributed by atoms with Gasteiger partial charge in [0.15, 0.2) is 0 Å². The van der Waals surface area contributed by atoms with Crippen LogP contribution in [0, 0.1) is 0 Å². The number of carbonyl (C=O) groups excluding carboxylic acids is 1. The smallest absolute Gasteiger partial charge is 0.388 e. The highest BCUT2D eigenvalue weighted by Crippen LogP contribution is 2.21. The van der Waals surface area contributed by atoms with Gasteiger partial charge in [0.2, 0.25) is 5.88 Å². The Hall–Kier alpha value is -3.36. The van der Waals surface area contributed by atoms with Gasteiger partial charge in [0.25, 0.3) is 5.56 Å². The first-order chi connectivity index (χ1) is 12.0. The van der Waals surface area contributed by atoms with Crippen LogP contribution < -0.4 is 10.3 Å². The molecule has 25 heavy (non-hydrogen) atoms. The molecule has 3 rings (SSSR count). The molecule has 0 atom stereocenters. The van der Waals surface area contributed by atoms with Gasteiger partial charge in [-0.05, 0) is 24.3 Å². The summed E-state index contributed by atoms with van der Waals surface area (Å²) in [6.45, 7) is -3.02. The van der Waals surface area contributed by atoms with Gasteiger partial charge in [0.05, 0.1) is 23.6 Å². The van der Waals surface area contributed by atoms with E-state index in [2.05, 4.69) is 24.4 Å². The van der Waals surface area contributed by atoms with Crippen LogP contribution in [-0.4, -0.2) is 34.6 Å². The third kappa shape index (κ3) is 3.44. The number of methoxy groups -OCH3 is 1. The number of nitrogens with one attached hydrogen (secondary N) is 1. The molecule has 1 N–H and O–H groups in total. The summed E-state index contributed by atoms with van der Waals surface area (Å²) in [6.07, 6.45) is 1.25. The molecule has 0 unspecified atom stereocenters. The molecule has 0 aliphatic rings. The van der Waals surface area contributed by atoms with Gasteiger partial charge in [-0.2, -0.15) is 8.78 Å². The van der Waals surface area contributed by atoms with Crippen LogP contribution in [0.5, 0.6) is 5.88 Å². The maximum Gasteiger partial charge on any atom is 0.388 e. The molecule has 0 aliphatic carbocycles. The van der Waals surface area contributed by atoms with Crippen LogP contribution in [0.15, 0.2) is 41.3 Å². The van der Waals surface area contributed by atoms with Crippen molar-refractivity contribution in [3.05, 3.63) is 52.4 Å². The lowest BCUT2D eigenvalue weighted by Crippen LogP contribution is -2.11. The highest BCUT2D eigenvalue weighted by Gasteiger charge is 2.12. The third-order valence-electron chi connectivity index (χ3n) is 3.35. The number of pyridine rings is 1. The van der Waals surface area contributed by atoms with Crippen LogP contribution in [0.3, 0.4) is 0 Å². The van der Waals surface area contributed by atoms with E-state index >= 15 is 0 Å². The second-order valence-electron chi connectivity index (χ2n) is 4.90. The lowest BCUT2D eigenvalue weighted by molar-refractivity contribution is -0.0528. The van der Waals surface area contributed by atoms with Crippen molar-refractivity contribution < 1.29 is 23.0 Å². The van der Waals surface area contributed by atoms with Gasteiger partial charge < -0.3 is 14.5 Å². The maximum atomic E-state index is 12.3. The highest BCUT2D eigenvalue weighted by molar-refractivity contribution is 5.94. The number of aromatic amines is 1. The van der Waals surface area contributed by atoms with Gasteiger partial charge in [-0.3, -0.25) is 4.79 Å². The molecule has 0 bridgehead atoms. The number of hydrogen-bond donors (Lipinski definition) is 1. The molecule has 0 fully saturated rings. The Balaban J connectivity index is 2.11. The summed E-state index contributed by atoms with van der Waals surface area (Å²) in [6, 6.07) is 7.02. The minimum absolute atomic E-state index is 0.126. The van der Waals surface area contributed by atoms with E-state index in [1.807, 2.05) is 0 Å². The maximum absolute atomic E-state index is 12.3. The lowest BCUT2D eigenvalue weighted by atomic mass is 10.1. The second-order valence-corrected chi connectivity index (χ2v) is 4.90. The molecule has 128 valence electrons. The second kappa shape index (κ2) is 6.63. The molecule has 7 nitrogen and oxygen atoms in total. The largest absolute Gasteiger partial charge is 0.465 e. The molecular formula is C16H11F2N3O4. The minimum atomic E-state index is -3.02. The van der Waals surface area contributed by atoms with Crippen LogP contribution in [0.1, 0.15) is 10.4 Å². The van der Waals surface area contributed by atoms with Gasteiger partial charge in [-0.1, -0.05) is 0 Å². The summed E-state index contributed by atoms with van der Waals surface area (Å²) in [5.74, 6) is -0.748. The van der Waals surface area contributed by atoms with Crippen molar-refractivity contribution in [2.45, 2.75) is 6.61 Å². The first-order valence-corrected chi connectivity index (χ1v) is 7.01. The summed E-state index contributed by atoms with van der Waals surface area (Å²) >= 11 is 0. The summed E-state index contributed by atoms with van der Waals surface area (Å²) in [5.41, 5.74) is 0.378. The number of aromatic nitrogens is 3. The van der Waals surface area contributed by atoms with Crippen LogP contribution >= 0.6 is 0 Å². The van der Waals surface area contributed by atoms with Crippen molar-refractivity contribution in [1.29, 1.82) is 0 Å². The Morgan fingerprint density at radius 3 is 2.76 bits per heavy atom. The molecule has 0 aliphatic heterocycles. The normalized spacial score (nSPS) is 10.9. The van der Waals surface area contributed by atoms with E-state index in [1.165, 1.54) is 43.6 Å². The van der Waals surface area contributed by atoms with Crippen molar-refractivity contribution in [1.82, 2.24) is 15.0 Å². The number of alkyl halides is 2. The van der Waals surface area contributed by atoms with E-state index in [4.69, 9.17) is 0 Å². The molecule has 9 heteroatoms. The Kier molecular flexibility index (Phi) is 4.38. The van der Waals surface area contributed by atoms with Gasteiger partial charge in [-0.25, -0.2) is 14.8 Å². The fourth-order valence-corrected chi connectivity index (χ4v) is 2.23. The molecule has 2 heterocycles. The average Bonchev–Trinajstić information content (AvgIpc) is 2.60. The van der Waals surface area contributed by atoms with Crippen molar-refractivity contribution in [2.75, 3.05) is 7.11 Å². The molecule has 0 spiro atoms. The van der Waals surface area contributed by atoms with E-state index in [0.717, 1.165) is 0 Å². The quantitative estimate of drug-likeness (QED) is 0.728. The molecule has 1 aromatic carbocycles. The summed E-state index contributed by atoms with van der Waals surface area (Å²) < 4.78 is 33.5. The van der Waals surface area contributed by atoms with E-state index in [9.17, 15) is 18.4 Å². The van der Waals surface area contributed by atoms with Crippen molar-refractivity contribution in [3.8, 4) is 17.3 Å². The third-order valence-corrected chi connectivity index (χ3v) is 3.35. The SMILES string of the molecule is COC(=O)c1ccc2c(=O)[nH]c(-c3ccnc(OC(F)F)c3)nc2c1. The van der Waals surface area contributed by atoms with Crippen LogP contribution in [-0.2, 0) is 4.74 Å². The molecule has 3 aromatic rings. The Labute approximate surface area is 139 Å². The minimum Gasteiger partial charge on any atom is -0.465 e. The van der Waals surface area contributed by atoms with Gasteiger partial charge in [0, 0.05) is 17.8 Å². The van der Waals surface area contributed by atoms with E-state index < -0.39 is 18.1 Å². The predicted octanol–water partition coefficient (Wildman–Crippen LogP) is 2.37. The number of benzene rings is 1. The topological polar surface area (TPSA) is 94.2 Å². The summed E-state index contributed by atoms with van der Waals surface area (Å²) in [4.78, 5) is 34.3. The molecule has 0 saturated carbocycles. The summed E-state index contributed by atoms with van der Waals surface area (Å²) in [7, 11) is 1.24. The molecule has 0 saturated heterocycles. The van der Waals surface area contributed by atoms with Crippen LogP contribution in [0.2, 0.25) is 0 Å². The zero-order valence-corrected chi connectivity index (χ0v) is 12.8. The van der Waals surface area contributed by atoms with Gasteiger partial charge in [0.1, 0.15) is 5.82 Å². The highest BCUT2D eigenvalue weighted by atomic mass is 19.3. The van der Waals surface area contributed by atoms with Crippen molar-refractivity contribution >= 4 is 16.9 Å². The monoisotopic (exact) mass is 347 g/mol. The Morgan fingerprint density at radius 1 is 1.24 bits per heavy atom. The molecule has 2 aromatic heterocycles. The van der Waals surface area contributed by atoms with Gasteiger partial charge >= 0.3 is 12.6 Å². The first kappa shape index (κ1) is 16.5. The number of fused-ring (bicyclic) bond motifs is 1. The van der Waals surface area contributed by atoms with Crippen molar-refractivity contribution in [3.63, 3.8) is 0 Å². The fourth-order valence-electron chi connectivity index (χ4n) is 2.23. The average molecular weight is 347 g/mol. The molecule has 0 amide bonds. The number of hydrogen-bond acceptors (Lipinski definition) is 6. The number of rotatable bonds is 4. The van der Waals surface area contributed by atoms with Crippen LogP contribution in [0.4, 0.5) is 8.78 Å². The summed E-state index contributed by atoms with van der Waals surface area (Å²) in [5, 5.41) is 0.273. The predicted molar refractivity (Wildman–Crippen MR) is 83.6 cm³/mol. The Morgan fingerprint density at radius 2 is 2.04 bits per heavy atom. The number of halogens is 2. The fraction of sp³-hybridized carbons (Fsp3) is 0.125. The number of esters is 1. The number of ether oxygens (including phenoxy) is 2. The molecular weight excluding hydrogens is 336 g/mol. The molecule has 0 radical (unpaired) electrons. The van der Waals surface area contributed by atoms with Crippen molar-refractivity contribution in [2.24, 2.45) is 0 Å². The Bertz CT molecular complexity index is 1000. The van der Waals surface area contributed by atoms with Crippen LogP contribution in [0.25, 0.3) is 22.3 Å².